The van der Waals surface area contributed by atoms with Gasteiger partial charge < -0.3 is 10.6 Å². The van der Waals surface area contributed by atoms with Crippen LogP contribution in [0.25, 0.3) is 0 Å². The lowest BCUT2D eigenvalue weighted by atomic mass is 10.1. The van der Waals surface area contributed by atoms with Crippen molar-refractivity contribution >= 4 is 11.7 Å². The Labute approximate surface area is 121 Å². The van der Waals surface area contributed by atoms with Crippen LogP contribution in [0.5, 0.6) is 0 Å². The van der Waals surface area contributed by atoms with E-state index in [0.717, 1.165) is 17.7 Å². The second kappa shape index (κ2) is 7.13. The molecule has 1 aliphatic carbocycles. The highest BCUT2D eigenvalue weighted by Crippen LogP contribution is 2.25. The number of benzene rings is 1. The van der Waals surface area contributed by atoms with Gasteiger partial charge in [0.05, 0.1) is 0 Å². The minimum atomic E-state index is -0.164. The quantitative estimate of drug-likeness (QED) is 0.839. The van der Waals surface area contributed by atoms with Crippen LogP contribution in [-0.2, 0) is 6.42 Å². The number of rotatable bonds is 4. The van der Waals surface area contributed by atoms with Gasteiger partial charge in [0.2, 0.25) is 0 Å². The third kappa shape index (κ3) is 3.86. The molecule has 1 fully saturated rings. The fraction of sp³-hybridized carbons (Fsp3) is 0.471. The first-order valence-electron chi connectivity index (χ1n) is 7.53. The van der Waals surface area contributed by atoms with Gasteiger partial charge in [-0.25, -0.2) is 4.79 Å². The maximum absolute atomic E-state index is 11.9. The van der Waals surface area contributed by atoms with Crippen LogP contribution in [0.15, 0.2) is 30.5 Å². The molecule has 0 aromatic heterocycles. The molecule has 20 heavy (non-hydrogen) atoms. The number of nitrogens with one attached hydrogen (secondary N) is 2. The Bertz CT molecular complexity index is 488. The van der Waals surface area contributed by atoms with E-state index in [9.17, 15) is 4.79 Å². The fourth-order valence-corrected chi connectivity index (χ4v) is 2.76. The van der Waals surface area contributed by atoms with Crippen molar-refractivity contribution in [3.05, 3.63) is 41.6 Å². The molecule has 0 radical (unpaired) electrons. The maximum Gasteiger partial charge on any atom is 0.323 e. The highest BCUT2D eigenvalue weighted by molar-refractivity contribution is 5.91. The SMILES string of the molecule is CCc1cccc(C)c1NC(=O)N/C=C/C1CCCC1. The zero-order chi connectivity index (χ0) is 14.4. The molecule has 0 unspecified atom stereocenters. The average Bonchev–Trinajstić information content (AvgIpc) is 2.94. The van der Waals surface area contributed by atoms with Crippen LogP contribution >= 0.6 is 0 Å². The lowest BCUT2D eigenvalue weighted by molar-refractivity contribution is 0.255. The number of hydrogen-bond acceptors (Lipinski definition) is 1. The number of para-hydroxylation sites is 1. The van der Waals surface area contributed by atoms with Gasteiger partial charge in [-0.2, -0.15) is 0 Å². The van der Waals surface area contributed by atoms with Crippen molar-refractivity contribution in [1.82, 2.24) is 5.32 Å². The second-order valence-electron chi connectivity index (χ2n) is 5.46. The molecule has 3 heteroatoms. The smallest absolute Gasteiger partial charge is 0.315 e. The van der Waals surface area contributed by atoms with Crippen molar-refractivity contribution in [3.63, 3.8) is 0 Å². The van der Waals surface area contributed by atoms with Crippen LogP contribution < -0.4 is 10.6 Å². The topological polar surface area (TPSA) is 41.1 Å². The number of anilines is 1. The number of carbonyl (C=O) groups is 1. The molecule has 2 amide bonds. The highest BCUT2D eigenvalue weighted by atomic mass is 16.2. The van der Waals surface area contributed by atoms with Crippen LogP contribution in [0.4, 0.5) is 10.5 Å². The molecule has 0 bridgehead atoms. The Morgan fingerprint density at radius 3 is 2.80 bits per heavy atom. The van der Waals surface area contributed by atoms with Crippen molar-refractivity contribution in [3.8, 4) is 0 Å². The van der Waals surface area contributed by atoms with E-state index in [2.05, 4.69) is 29.7 Å². The largest absolute Gasteiger partial charge is 0.323 e. The van der Waals surface area contributed by atoms with Gasteiger partial charge in [0.1, 0.15) is 0 Å². The van der Waals surface area contributed by atoms with Gasteiger partial charge in [-0.15, -0.1) is 0 Å². The summed E-state index contributed by atoms with van der Waals surface area (Å²) in [6, 6.07) is 5.93. The number of hydrogen-bond donors (Lipinski definition) is 2. The van der Waals surface area contributed by atoms with Crippen molar-refractivity contribution in [1.29, 1.82) is 0 Å². The molecular formula is C17H24N2O. The Kier molecular flexibility index (Phi) is 5.22. The zero-order valence-electron chi connectivity index (χ0n) is 12.4. The Morgan fingerprint density at radius 1 is 1.35 bits per heavy atom. The molecule has 2 rings (SSSR count). The molecule has 0 atom stereocenters. The van der Waals surface area contributed by atoms with Crippen LogP contribution in [0.1, 0.15) is 43.7 Å². The molecule has 0 heterocycles. The lowest BCUT2D eigenvalue weighted by Gasteiger charge is -2.12. The van der Waals surface area contributed by atoms with Crippen LogP contribution in [0.2, 0.25) is 0 Å². The van der Waals surface area contributed by atoms with Crippen molar-refractivity contribution < 1.29 is 4.79 Å². The van der Waals surface area contributed by atoms with E-state index >= 15 is 0 Å². The number of allylic oxidation sites excluding steroid dienone is 1. The molecule has 1 aliphatic rings. The standard InChI is InChI=1S/C17H24N2O/c1-3-15-10-6-7-13(2)16(15)19-17(20)18-12-11-14-8-4-5-9-14/h6-7,10-12,14H,3-5,8-9H2,1-2H3,(H2,18,19,20)/b12-11+. The highest BCUT2D eigenvalue weighted by Gasteiger charge is 2.11. The summed E-state index contributed by atoms with van der Waals surface area (Å²) < 4.78 is 0. The fourth-order valence-electron chi connectivity index (χ4n) is 2.76. The van der Waals surface area contributed by atoms with E-state index < -0.39 is 0 Å². The van der Waals surface area contributed by atoms with Crippen LogP contribution in [0, 0.1) is 12.8 Å². The summed E-state index contributed by atoms with van der Waals surface area (Å²) in [4.78, 5) is 11.9. The predicted molar refractivity (Wildman–Crippen MR) is 83.8 cm³/mol. The molecule has 108 valence electrons. The molecule has 2 N–H and O–H groups in total. The Balaban J connectivity index is 1.91. The summed E-state index contributed by atoms with van der Waals surface area (Å²) in [5.41, 5.74) is 3.20. The summed E-state index contributed by atoms with van der Waals surface area (Å²) in [5, 5.41) is 5.76. The van der Waals surface area contributed by atoms with Gasteiger partial charge in [-0.05, 0) is 43.2 Å². The van der Waals surface area contributed by atoms with Crippen molar-refractivity contribution in [2.75, 3.05) is 5.32 Å². The van der Waals surface area contributed by atoms with E-state index in [4.69, 9.17) is 0 Å². The van der Waals surface area contributed by atoms with E-state index in [1.807, 2.05) is 19.1 Å². The van der Waals surface area contributed by atoms with Crippen LogP contribution in [-0.4, -0.2) is 6.03 Å². The molecular weight excluding hydrogens is 248 g/mol. The van der Waals surface area contributed by atoms with E-state index in [-0.39, 0.29) is 6.03 Å². The predicted octanol–water partition coefficient (Wildman–Crippen LogP) is 4.38. The summed E-state index contributed by atoms with van der Waals surface area (Å²) in [6.45, 7) is 4.11. The maximum atomic E-state index is 11.9. The first-order valence-corrected chi connectivity index (χ1v) is 7.53. The minimum absolute atomic E-state index is 0.164. The summed E-state index contributed by atoms with van der Waals surface area (Å²) in [7, 11) is 0. The molecule has 3 nitrogen and oxygen atoms in total. The molecule has 0 saturated heterocycles. The van der Waals surface area contributed by atoms with Gasteiger partial charge in [-0.3, -0.25) is 0 Å². The van der Waals surface area contributed by atoms with Gasteiger partial charge in [0.25, 0.3) is 0 Å². The molecule has 0 spiro atoms. The lowest BCUT2D eigenvalue weighted by Crippen LogP contribution is -2.25. The van der Waals surface area contributed by atoms with Gasteiger partial charge in [0, 0.05) is 11.9 Å². The Hall–Kier alpha value is -1.77. The average molecular weight is 272 g/mol. The monoisotopic (exact) mass is 272 g/mol. The number of urea groups is 1. The Morgan fingerprint density at radius 2 is 2.10 bits per heavy atom. The third-order valence-electron chi connectivity index (χ3n) is 3.96. The van der Waals surface area contributed by atoms with Crippen LogP contribution in [0.3, 0.4) is 0 Å². The van der Waals surface area contributed by atoms with E-state index in [1.54, 1.807) is 6.20 Å². The number of aryl methyl sites for hydroxylation is 2. The van der Waals surface area contributed by atoms with Crippen molar-refractivity contribution in [2.24, 2.45) is 5.92 Å². The minimum Gasteiger partial charge on any atom is -0.315 e. The summed E-state index contributed by atoms with van der Waals surface area (Å²) >= 11 is 0. The zero-order valence-corrected chi connectivity index (χ0v) is 12.4. The molecule has 0 aliphatic heterocycles. The second-order valence-corrected chi connectivity index (χ2v) is 5.46. The summed E-state index contributed by atoms with van der Waals surface area (Å²) in [5.74, 6) is 0.639. The number of amides is 2. The van der Waals surface area contributed by atoms with Crippen molar-refractivity contribution in [2.45, 2.75) is 46.0 Å². The first kappa shape index (κ1) is 14.6. The summed E-state index contributed by atoms with van der Waals surface area (Å²) in [6.07, 6.45) is 9.93. The molecule has 1 saturated carbocycles. The molecule has 1 aromatic rings. The normalized spacial score (nSPS) is 15.7. The number of carbonyl (C=O) groups excluding carboxylic acids is 1. The van der Waals surface area contributed by atoms with Gasteiger partial charge in [-0.1, -0.05) is 44.0 Å². The van der Waals surface area contributed by atoms with E-state index in [0.29, 0.717) is 5.92 Å². The van der Waals surface area contributed by atoms with Gasteiger partial charge >= 0.3 is 6.03 Å². The first-order chi connectivity index (χ1) is 9.70. The van der Waals surface area contributed by atoms with Gasteiger partial charge in [0.15, 0.2) is 0 Å². The van der Waals surface area contributed by atoms with E-state index in [1.165, 1.54) is 31.2 Å². The third-order valence-corrected chi connectivity index (χ3v) is 3.96. The molecule has 1 aromatic carbocycles.